The summed E-state index contributed by atoms with van der Waals surface area (Å²) in [6.45, 7) is 6.42. The molecule has 88 valence electrons. The maximum absolute atomic E-state index is 4.30. The van der Waals surface area contributed by atoms with Crippen molar-refractivity contribution in [2.24, 2.45) is 0 Å². The molecule has 0 aromatic carbocycles. The summed E-state index contributed by atoms with van der Waals surface area (Å²) in [6.07, 6.45) is 4.68. The molecule has 1 atom stereocenters. The van der Waals surface area contributed by atoms with Crippen LogP contribution in [-0.4, -0.2) is 22.0 Å². The molecule has 1 aliphatic heterocycles. The number of hydrogen-bond acceptors (Lipinski definition) is 3. The zero-order valence-corrected chi connectivity index (χ0v) is 10.9. The Morgan fingerprint density at radius 2 is 2.38 bits per heavy atom. The predicted molar refractivity (Wildman–Crippen MR) is 70.8 cm³/mol. The normalized spacial score (nSPS) is 24.9. The first-order valence-corrected chi connectivity index (χ1v) is 6.93. The molecule has 1 aromatic heterocycles. The van der Waals surface area contributed by atoms with Crippen LogP contribution in [0.15, 0.2) is 18.3 Å². The Morgan fingerprint density at radius 3 is 3.00 bits per heavy atom. The van der Waals surface area contributed by atoms with Crippen LogP contribution >= 0.6 is 11.8 Å². The summed E-state index contributed by atoms with van der Waals surface area (Å²) < 4.78 is 0.456. The number of aryl methyl sites for hydroxylation is 1. The molecule has 0 aliphatic carbocycles. The van der Waals surface area contributed by atoms with Crippen LogP contribution in [0, 0.1) is 6.92 Å². The van der Waals surface area contributed by atoms with Gasteiger partial charge >= 0.3 is 0 Å². The van der Waals surface area contributed by atoms with E-state index < -0.39 is 0 Å². The molecular formula is C13H20N2S. The van der Waals surface area contributed by atoms with Gasteiger partial charge in [-0.25, -0.2) is 0 Å². The van der Waals surface area contributed by atoms with Gasteiger partial charge in [0.15, 0.2) is 0 Å². The highest BCUT2D eigenvalue weighted by Gasteiger charge is 2.28. The molecule has 3 heteroatoms. The maximum atomic E-state index is 4.30. The summed E-state index contributed by atoms with van der Waals surface area (Å²) in [5, 5.41) is 3.54. The summed E-state index contributed by atoms with van der Waals surface area (Å²) in [6, 6.07) is 4.22. The van der Waals surface area contributed by atoms with E-state index in [0.717, 1.165) is 18.8 Å². The van der Waals surface area contributed by atoms with Crippen molar-refractivity contribution < 1.29 is 0 Å². The Morgan fingerprint density at radius 1 is 1.50 bits per heavy atom. The minimum atomic E-state index is 0.456. The summed E-state index contributed by atoms with van der Waals surface area (Å²) in [5.74, 6) is 1.32. The second-order valence-corrected chi connectivity index (χ2v) is 6.50. The summed E-state index contributed by atoms with van der Waals surface area (Å²) in [5.41, 5.74) is 2.36. The number of pyridine rings is 1. The monoisotopic (exact) mass is 236 g/mol. The Bertz CT molecular complexity index is 328. The number of hydrogen-bond donors (Lipinski definition) is 1. The predicted octanol–water partition coefficient (Wildman–Crippen LogP) is 2.77. The van der Waals surface area contributed by atoms with Crippen LogP contribution in [0.25, 0.3) is 0 Å². The van der Waals surface area contributed by atoms with E-state index in [1.807, 2.05) is 13.1 Å². The maximum Gasteiger partial charge on any atom is 0.0372 e. The number of thioether (sulfide) groups is 1. The van der Waals surface area contributed by atoms with E-state index in [-0.39, 0.29) is 0 Å². The Balaban J connectivity index is 1.77. The van der Waals surface area contributed by atoms with Crippen molar-refractivity contribution in [1.29, 1.82) is 0 Å². The molecule has 16 heavy (non-hydrogen) atoms. The van der Waals surface area contributed by atoms with Crippen molar-refractivity contribution in [1.82, 2.24) is 10.3 Å². The van der Waals surface area contributed by atoms with Crippen molar-refractivity contribution in [3.8, 4) is 0 Å². The van der Waals surface area contributed by atoms with Gasteiger partial charge in [0, 0.05) is 29.7 Å². The van der Waals surface area contributed by atoms with Gasteiger partial charge in [-0.3, -0.25) is 4.98 Å². The molecule has 1 aliphatic rings. The molecule has 1 saturated heterocycles. The number of nitrogens with one attached hydrogen (secondary N) is 1. The van der Waals surface area contributed by atoms with E-state index in [0.29, 0.717) is 4.75 Å². The fourth-order valence-electron chi connectivity index (χ4n) is 2.05. The largest absolute Gasteiger partial charge is 0.311 e. The number of nitrogens with zero attached hydrogens (tertiary/aromatic N) is 1. The van der Waals surface area contributed by atoms with E-state index in [1.165, 1.54) is 24.2 Å². The molecule has 0 spiro atoms. The molecule has 2 nitrogen and oxygen atoms in total. The Kier molecular flexibility index (Phi) is 3.87. The van der Waals surface area contributed by atoms with E-state index >= 15 is 0 Å². The van der Waals surface area contributed by atoms with E-state index in [4.69, 9.17) is 0 Å². The van der Waals surface area contributed by atoms with Crippen LogP contribution in [0.2, 0.25) is 0 Å². The second kappa shape index (κ2) is 5.19. The molecule has 0 amide bonds. The van der Waals surface area contributed by atoms with Crippen LogP contribution in [0.3, 0.4) is 0 Å². The van der Waals surface area contributed by atoms with Gasteiger partial charge in [-0.15, -0.1) is 0 Å². The Hall–Kier alpha value is -0.540. The van der Waals surface area contributed by atoms with Crippen LogP contribution < -0.4 is 5.32 Å². The zero-order valence-electron chi connectivity index (χ0n) is 10.1. The number of aromatic nitrogens is 1. The van der Waals surface area contributed by atoms with Gasteiger partial charge in [0.05, 0.1) is 0 Å². The summed E-state index contributed by atoms with van der Waals surface area (Å²) in [7, 11) is 0. The minimum Gasteiger partial charge on any atom is -0.311 e. The van der Waals surface area contributed by atoms with Crippen molar-refractivity contribution in [2.45, 2.75) is 38.0 Å². The van der Waals surface area contributed by atoms with Crippen molar-refractivity contribution in [2.75, 3.05) is 12.3 Å². The van der Waals surface area contributed by atoms with Gasteiger partial charge in [-0.05, 0) is 44.1 Å². The molecular weight excluding hydrogens is 216 g/mol. The van der Waals surface area contributed by atoms with Crippen molar-refractivity contribution in [3.05, 3.63) is 29.6 Å². The summed E-state index contributed by atoms with van der Waals surface area (Å²) >= 11 is 2.10. The molecule has 0 bridgehead atoms. The molecule has 1 unspecified atom stereocenters. The number of rotatable bonds is 4. The highest BCUT2D eigenvalue weighted by molar-refractivity contribution is 8.00. The highest BCUT2D eigenvalue weighted by Crippen LogP contribution is 2.36. The van der Waals surface area contributed by atoms with Crippen molar-refractivity contribution >= 4 is 11.8 Å². The quantitative estimate of drug-likeness (QED) is 0.870. The topological polar surface area (TPSA) is 24.9 Å². The van der Waals surface area contributed by atoms with Gasteiger partial charge in [-0.2, -0.15) is 11.8 Å². The van der Waals surface area contributed by atoms with Gasteiger partial charge in [0.1, 0.15) is 0 Å². The van der Waals surface area contributed by atoms with Gasteiger partial charge < -0.3 is 5.32 Å². The SMILES string of the molecule is Cc1ccc(CNCC2(C)CCCS2)cn1. The average Bonchev–Trinajstić information content (AvgIpc) is 2.69. The van der Waals surface area contributed by atoms with Crippen LogP contribution in [0.4, 0.5) is 0 Å². The lowest BCUT2D eigenvalue weighted by atomic mass is 10.1. The van der Waals surface area contributed by atoms with Crippen LogP contribution in [0.5, 0.6) is 0 Å². The molecule has 0 radical (unpaired) electrons. The van der Waals surface area contributed by atoms with Gasteiger partial charge in [0.25, 0.3) is 0 Å². The van der Waals surface area contributed by atoms with Crippen LogP contribution in [-0.2, 0) is 6.54 Å². The third kappa shape index (κ3) is 3.22. The second-order valence-electron chi connectivity index (χ2n) is 4.81. The minimum absolute atomic E-state index is 0.456. The molecule has 1 aromatic rings. The van der Waals surface area contributed by atoms with Gasteiger partial charge in [-0.1, -0.05) is 6.07 Å². The first-order chi connectivity index (χ1) is 7.68. The van der Waals surface area contributed by atoms with E-state index in [2.05, 4.69) is 41.1 Å². The first-order valence-electron chi connectivity index (χ1n) is 5.94. The molecule has 2 rings (SSSR count). The van der Waals surface area contributed by atoms with Crippen LogP contribution in [0.1, 0.15) is 31.0 Å². The van der Waals surface area contributed by atoms with Gasteiger partial charge in [0.2, 0.25) is 0 Å². The smallest absolute Gasteiger partial charge is 0.0372 e. The molecule has 2 heterocycles. The fourth-order valence-corrected chi connectivity index (χ4v) is 3.32. The summed E-state index contributed by atoms with van der Waals surface area (Å²) in [4.78, 5) is 4.30. The van der Waals surface area contributed by atoms with Crippen molar-refractivity contribution in [3.63, 3.8) is 0 Å². The van der Waals surface area contributed by atoms with E-state index in [1.54, 1.807) is 0 Å². The molecule has 1 N–H and O–H groups in total. The average molecular weight is 236 g/mol. The lowest BCUT2D eigenvalue weighted by molar-refractivity contribution is 0.536. The molecule has 0 saturated carbocycles. The standard InChI is InChI=1S/C13H20N2S/c1-11-4-5-12(9-15-11)8-14-10-13(2)6-3-7-16-13/h4-5,9,14H,3,6-8,10H2,1-2H3. The molecule has 1 fully saturated rings. The highest BCUT2D eigenvalue weighted by atomic mass is 32.2. The third-order valence-electron chi connectivity index (χ3n) is 3.10. The lowest BCUT2D eigenvalue weighted by Gasteiger charge is -2.22. The Labute approximate surface area is 102 Å². The zero-order chi connectivity index (χ0) is 11.4. The van der Waals surface area contributed by atoms with E-state index in [9.17, 15) is 0 Å². The third-order valence-corrected chi connectivity index (χ3v) is 4.64. The fraction of sp³-hybridized carbons (Fsp3) is 0.615. The first kappa shape index (κ1) is 11.9. The lowest BCUT2D eigenvalue weighted by Crippen LogP contribution is -2.32.